The van der Waals surface area contributed by atoms with Gasteiger partial charge in [0.2, 0.25) is 0 Å². The lowest BCUT2D eigenvalue weighted by Gasteiger charge is -2.34. The van der Waals surface area contributed by atoms with Crippen molar-refractivity contribution in [2.24, 2.45) is 0 Å². The van der Waals surface area contributed by atoms with E-state index in [0.717, 1.165) is 87.5 Å². The molecular weight excluding hydrogens is 462 g/mol. The first-order chi connectivity index (χ1) is 18.1. The number of nitrogens with one attached hydrogen (secondary N) is 1. The molecule has 194 valence electrons. The maximum absolute atomic E-state index is 12.9. The molecule has 3 aliphatic rings. The fourth-order valence-corrected chi connectivity index (χ4v) is 5.94. The number of fused-ring (bicyclic) bond motifs is 1. The molecule has 1 aromatic heterocycles. The lowest BCUT2D eigenvalue weighted by atomic mass is 9.91. The van der Waals surface area contributed by atoms with Crippen LogP contribution < -0.4 is 15.1 Å². The molecule has 3 fully saturated rings. The summed E-state index contributed by atoms with van der Waals surface area (Å²) >= 11 is 0. The van der Waals surface area contributed by atoms with Gasteiger partial charge in [-0.2, -0.15) is 0 Å². The van der Waals surface area contributed by atoms with E-state index < -0.39 is 0 Å². The maximum Gasteiger partial charge on any atom is 0.321 e. The summed E-state index contributed by atoms with van der Waals surface area (Å²) in [5.74, 6) is 0.337. The van der Waals surface area contributed by atoms with Crippen LogP contribution in [0, 0.1) is 0 Å². The summed E-state index contributed by atoms with van der Waals surface area (Å²) in [6.07, 6.45) is 6.05. The average Bonchev–Trinajstić information content (AvgIpc) is 3.49. The summed E-state index contributed by atoms with van der Waals surface area (Å²) in [6, 6.07) is 14.9. The molecule has 0 aliphatic carbocycles. The molecular formula is C29H37N7O. The van der Waals surface area contributed by atoms with Gasteiger partial charge in [-0.05, 0) is 75.2 Å². The third-order valence-corrected chi connectivity index (χ3v) is 8.28. The number of hydrogen-bond acceptors (Lipinski definition) is 6. The highest BCUT2D eigenvalue weighted by Gasteiger charge is 2.26. The number of urea groups is 1. The van der Waals surface area contributed by atoms with Gasteiger partial charge >= 0.3 is 6.03 Å². The minimum atomic E-state index is -0.0169. The lowest BCUT2D eigenvalue weighted by molar-refractivity contribution is 0.194. The second-order valence-electron chi connectivity index (χ2n) is 10.7. The summed E-state index contributed by atoms with van der Waals surface area (Å²) in [7, 11) is 2.18. The first kappa shape index (κ1) is 24.0. The van der Waals surface area contributed by atoms with Gasteiger partial charge in [0, 0.05) is 80.7 Å². The van der Waals surface area contributed by atoms with Crippen LogP contribution in [0.1, 0.15) is 37.3 Å². The number of aromatic nitrogens is 2. The Balaban J connectivity index is 1.07. The number of piperazine rings is 1. The summed E-state index contributed by atoms with van der Waals surface area (Å²) in [5.41, 5.74) is 5.47. The summed E-state index contributed by atoms with van der Waals surface area (Å²) in [5, 5.41) is 4.23. The Labute approximate surface area is 219 Å². The van der Waals surface area contributed by atoms with Gasteiger partial charge in [0.05, 0.1) is 11.2 Å². The number of likely N-dealkylation sites (N-methyl/N-ethyl adjacent to an activating group) is 1. The Morgan fingerprint density at radius 1 is 0.811 bits per heavy atom. The van der Waals surface area contributed by atoms with E-state index >= 15 is 0 Å². The number of carbonyl (C=O) groups excluding carboxylic acids is 1. The van der Waals surface area contributed by atoms with Gasteiger partial charge in [-0.3, -0.25) is 0 Å². The van der Waals surface area contributed by atoms with Crippen LogP contribution in [0.25, 0.3) is 10.9 Å². The first-order valence-corrected chi connectivity index (χ1v) is 13.7. The van der Waals surface area contributed by atoms with Crippen LogP contribution in [-0.2, 0) is 0 Å². The van der Waals surface area contributed by atoms with E-state index in [2.05, 4.69) is 62.4 Å². The molecule has 0 unspecified atom stereocenters. The molecule has 0 bridgehead atoms. The van der Waals surface area contributed by atoms with Crippen molar-refractivity contribution in [2.75, 3.05) is 74.5 Å². The van der Waals surface area contributed by atoms with Crippen molar-refractivity contribution in [3.05, 3.63) is 54.5 Å². The molecule has 0 saturated carbocycles. The zero-order valence-corrected chi connectivity index (χ0v) is 21.8. The van der Waals surface area contributed by atoms with Gasteiger partial charge in [-0.25, -0.2) is 14.8 Å². The molecule has 3 saturated heterocycles. The lowest BCUT2D eigenvalue weighted by Crippen LogP contribution is -2.44. The number of amides is 2. The Morgan fingerprint density at radius 3 is 2.22 bits per heavy atom. The molecule has 2 amide bonds. The number of rotatable bonds is 4. The highest BCUT2D eigenvalue weighted by molar-refractivity contribution is 5.89. The Kier molecular flexibility index (Phi) is 6.83. The monoisotopic (exact) mass is 499 g/mol. The number of likely N-dealkylation sites (tertiary alicyclic amines) is 1. The minimum absolute atomic E-state index is 0.0169. The van der Waals surface area contributed by atoms with Crippen molar-refractivity contribution >= 4 is 34.0 Å². The molecule has 0 radical (unpaired) electrons. The predicted octanol–water partition coefficient (Wildman–Crippen LogP) is 4.39. The van der Waals surface area contributed by atoms with E-state index in [1.54, 1.807) is 6.33 Å². The molecule has 0 atom stereocenters. The fourth-order valence-electron chi connectivity index (χ4n) is 5.94. The number of piperidine rings is 1. The molecule has 3 aliphatic heterocycles. The summed E-state index contributed by atoms with van der Waals surface area (Å²) in [6.45, 7) is 7.97. The molecule has 8 heteroatoms. The molecule has 3 aromatic rings. The normalized spacial score (nSPS) is 19.5. The van der Waals surface area contributed by atoms with E-state index in [-0.39, 0.29) is 6.03 Å². The highest BCUT2D eigenvalue weighted by Crippen LogP contribution is 2.33. The van der Waals surface area contributed by atoms with Gasteiger partial charge in [0.25, 0.3) is 0 Å². The first-order valence-electron chi connectivity index (χ1n) is 13.7. The molecule has 6 rings (SSSR count). The summed E-state index contributed by atoms with van der Waals surface area (Å²) < 4.78 is 0. The largest absolute Gasteiger partial charge is 0.372 e. The van der Waals surface area contributed by atoms with Crippen LogP contribution in [0.4, 0.5) is 21.9 Å². The Bertz CT molecular complexity index is 1220. The quantitative estimate of drug-likeness (QED) is 0.574. The van der Waals surface area contributed by atoms with E-state index in [1.807, 2.05) is 17.0 Å². The highest BCUT2D eigenvalue weighted by atomic mass is 16.2. The second kappa shape index (κ2) is 10.5. The molecule has 4 heterocycles. The molecule has 37 heavy (non-hydrogen) atoms. The van der Waals surface area contributed by atoms with E-state index in [9.17, 15) is 4.79 Å². The van der Waals surface area contributed by atoms with Crippen molar-refractivity contribution in [3.63, 3.8) is 0 Å². The third-order valence-electron chi connectivity index (χ3n) is 8.28. The van der Waals surface area contributed by atoms with Crippen molar-refractivity contribution in [3.8, 4) is 0 Å². The summed E-state index contributed by atoms with van der Waals surface area (Å²) in [4.78, 5) is 31.4. The maximum atomic E-state index is 12.9. The average molecular weight is 500 g/mol. The van der Waals surface area contributed by atoms with Crippen LogP contribution >= 0.6 is 0 Å². The number of carbonyl (C=O) groups is 1. The Morgan fingerprint density at radius 2 is 1.49 bits per heavy atom. The van der Waals surface area contributed by atoms with Crippen LogP contribution in [-0.4, -0.2) is 85.2 Å². The molecule has 0 spiro atoms. The number of hydrogen-bond donors (Lipinski definition) is 1. The van der Waals surface area contributed by atoms with Crippen LogP contribution in [0.5, 0.6) is 0 Å². The predicted molar refractivity (Wildman–Crippen MR) is 150 cm³/mol. The van der Waals surface area contributed by atoms with Gasteiger partial charge < -0.3 is 24.9 Å². The van der Waals surface area contributed by atoms with Crippen LogP contribution in [0.2, 0.25) is 0 Å². The molecule has 2 aromatic carbocycles. The zero-order chi connectivity index (χ0) is 25.2. The zero-order valence-electron chi connectivity index (χ0n) is 21.8. The number of benzene rings is 2. The molecule has 1 N–H and O–H groups in total. The SMILES string of the molecule is CN1CCN(c2ccc3c(C4CCN(C(=O)Nc5ccc(N6CCCC6)cc5)CC4)ncnc3c2)CC1. The van der Waals surface area contributed by atoms with Crippen molar-refractivity contribution in [2.45, 2.75) is 31.6 Å². The third kappa shape index (κ3) is 5.21. The van der Waals surface area contributed by atoms with E-state index in [0.29, 0.717) is 5.92 Å². The second-order valence-corrected chi connectivity index (χ2v) is 10.7. The Hall–Kier alpha value is -3.39. The van der Waals surface area contributed by atoms with Gasteiger partial charge in [-0.1, -0.05) is 0 Å². The minimum Gasteiger partial charge on any atom is -0.372 e. The van der Waals surface area contributed by atoms with Crippen molar-refractivity contribution in [1.29, 1.82) is 0 Å². The van der Waals surface area contributed by atoms with E-state index in [4.69, 9.17) is 4.98 Å². The van der Waals surface area contributed by atoms with Crippen molar-refractivity contribution in [1.82, 2.24) is 19.8 Å². The standard InChI is InChI=1S/C29H37N7O/c1-33-16-18-35(19-17-33)25-8-9-26-27(20-25)30-21-31-28(26)22-10-14-36(15-11-22)29(37)32-23-4-6-24(7-5-23)34-12-2-3-13-34/h4-9,20-22H,2-3,10-19H2,1H3,(H,32,37). The van der Waals surface area contributed by atoms with Crippen LogP contribution in [0.15, 0.2) is 48.8 Å². The van der Waals surface area contributed by atoms with Crippen molar-refractivity contribution < 1.29 is 4.79 Å². The smallest absolute Gasteiger partial charge is 0.321 e. The fraction of sp³-hybridized carbons (Fsp3) is 0.483. The molecule has 8 nitrogen and oxygen atoms in total. The van der Waals surface area contributed by atoms with Crippen LogP contribution in [0.3, 0.4) is 0 Å². The topological polar surface area (TPSA) is 67.8 Å². The number of anilines is 3. The number of nitrogens with zero attached hydrogens (tertiary/aromatic N) is 6. The van der Waals surface area contributed by atoms with Gasteiger partial charge in [0.1, 0.15) is 6.33 Å². The van der Waals surface area contributed by atoms with Gasteiger partial charge in [0.15, 0.2) is 0 Å². The van der Waals surface area contributed by atoms with Gasteiger partial charge in [-0.15, -0.1) is 0 Å². The van der Waals surface area contributed by atoms with E-state index in [1.165, 1.54) is 24.2 Å².